The Kier molecular flexibility index (Phi) is 5.46. The highest BCUT2D eigenvalue weighted by atomic mass is 32.2. The van der Waals surface area contributed by atoms with Gasteiger partial charge in [-0.1, -0.05) is 36.0 Å². The maximum atomic E-state index is 13.8. The summed E-state index contributed by atoms with van der Waals surface area (Å²) in [6, 6.07) is 10.4. The summed E-state index contributed by atoms with van der Waals surface area (Å²) in [6.07, 6.45) is 0. The predicted octanol–water partition coefficient (Wildman–Crippen LogP) is 4.19. The van der Waals surface area contributed by atoms with E-state index in [-0.39, 0.29) is 17.2 Å². The van der Waals surface area contributed by atoms with Crippen LogP contribution in [0.2, 0.25) is 0 Å². The molecule has 0 saturated heterocycles. The van der Waals surface area contributed by atoms with Gasteiger partial charge in [-0.05, 0) is 26.0 Å². The Bertz CT molecular complexity index is 965. The van der Waals surface area contributed by atoms with Gasteiger partial charge in [-0.15, -0.1) is 0 Å². The number of thioether (sulfide) groups is 1. The van der Waals surface area contributed by atoms with Gasteiger partial charge in [-0.3, -0.25) is 4.79 Å². The van der Waals surface area contributed by atoms with Crippen LogP contribution in [0.1, 0.15) is 24.4 Å². The molecule has 2 aromatic carbocycles. The van der Waals surface area contributed by atoms with E-state index < -0.39 is 17.7 Å². The van der Waals surface area contributed by atoms with Crippen molar-refractivity contribution in [3.63, 3.8) is 0 Å². The molecule has 0 spiro atoms. The third-order valence-electron chi connectivity index (χ3n) is 3.83. The second-order valence-electron chi connectivity index (χ2n) is 5.84. The molecule has 0 radical (unpaired) electrons. The molecule has 0 aliphatic heterocycles. The number of para-hydroxylation sites is 1. The number of aromatic nitrogens is 2. The van der Waals surface area contributed by atoms with Crippen LogP contribution in [0.3, 0.4) is 0 Å². The maximum Gasteiger partial charge on any atom is 0.230 e. The molecular weight excluding hydrogens is 356 g/mol. The molecule has 0 aliphatic rings. The van der Waals surface area contributed by atoms with Crippen molar-refractivity contribution >= 4 is 28.6 Å². The van der Waals surface area contributed by atoms with E-state index in [0.717, 1.165) is 22.0 Å². The number of aryl methyl sites for hydroxylation is 1. The fraction of sp³-hybridized carbons (Fsp3) is 0.211. The molecule has 0 saturated carbocycles. The smallest absolute Gasteiger partial charge is 0.230 e. The van der Waals surface area contributed by atoms with Crippen LogP contribution >= 0.6 is 11.8 Å². The number of fused-ring (bicyclic) bond motifs is 1. The molecule has 1 aromatic heterocycles. The lowest BCUT2D eigenvalue weighted by Crippen LogP contribution is -2.28. The number of hydrogen-bond donors (Lipinski definition) is 1. The topological polar surface area (TPSA) is 54.9 Å². The zero-order chi connectivity index (χ0) is 18.7. The van der Waals surface area contributed by atoms with Crippen LogP contribution in [-0.2, 0) is 4.79 Å². The van der Waals surface area contributed by atoms with Gasteiger partial charge in [0.05, 0.1) is 17.3 Å². The van der Waals surface area contributed by atoms with Gasteiger partial charge in [0.15, 0.2) is 0 Å². The average molecular weight is 373 g/mol. The van der Waals surface area contributed by atoms with Crippen molar-refractivity contribution in [3.05, 3.63) is 65.5 Å². The summed E-state index contributed by atoms with van der Waals surface area (Å²) in [4.78, 5) is 21.0. The normalized spacial score (nSPS) is 12.2. The molecule has 1 heterocycles. The number of hydrogen-bond acceptors (Lipinski definition) is 4. The van der Waals surface area contributed by atoms with E-state index in [1.165, 1.54) is 23.9 Å². The molecule has 26 heavy (non-hydrogen) atoms. The lowest BCUT2D eigenvalue weighted by atomic mass is 10.1. The minimum absolute atomic E-state index is 0.133. The Morgan fingerprint density at radius 2 is 1.96 bits per heavy atom. The quantitative estimate of drug-likeness (QED) is 0.538. The highest BCUT2D eigenvalue weighted by Crippen LogP contribution is 2.25. The summed E-state index contributed by atoms with van der Waals surface area (Å²) in [5.74, 6) is -0.817. The monoisotopic (exact) mass is 373 g/mol. The molecule has 4 nitrogen and oxygen atoms in total. The number of rotatable bonds is 5. The molecule has 1 atom stereocenters. The number of nitrogens with zero attached hydrogens (tertiary/aromatic N) is 2. The van der Waals surface area contributed by atoms with Crippen LogP contribution < -0.4 is 5.32 Å². The molecule has 3 aromatic rings. The number of benzene rings is 2. The third-order valence-corrected chi connectivity index (χ3v) is 4.82. The Morgan fingerprint density at radius 1 is 1.19 bits per heavy atom. The minimum atomic E-state index is -0.678. The molecule has 0 unspecified atom stereocenters. The molecular formula is C19H17F2N3OS. The van der Waals surface area contributed by atoms with Crippen molar-refractivity contribution in [2.24, 2.45) is 0 Å². The Balaban J connectivity index is 1.68. The summed E-state index contributed by atoms with van der Waals surface area (Å²) in [7, 11) is 0. The molecule has 0 aliphatic carbocycles. The first-order chi connectivity index (χ1) is 12.4. The van der Waals surface area contributed by atoms with Crippen LogP contribution in [0.25, 0.3) is 10.9 Å². The molecule has 0 bridgehead atoms. The lowest BCUT2D eigenvalue weighted by Gasteiger charge is -2.15. The number of carbonyl (C=O) groups excluding carboxylic acids is 1. The van der Waals surface area contributed by atoms with E-state index in [1.54, 1.807) is 13.8 Å². The number of amides is 1. The zero-order valence-electron chi connectivity index (χ0n) is 14.3. The summed E-state index contributed by atoms with van der Waals surface area (Å²) in [5, 5.41) is 4.33. The minimum Gasteiger partial charge on any atom is -0.349 e. The van der Waals surface area contributed by atoms with Gasteiger partial charge in [0.1, 0.15) is 22.5 Å². The van der Waals surface area contributed by atoms with Crippen LogP contribution in [-0.4, -0.2) is 21.6 Å². The summed E-state index contributed by atoms with van der Waals surface area (Å²) < 4.78 is 26.8. The highest BCUT2D eigenvalue weighted by Gasteiger charge is 2.15. The van der Waals surface area contributed by atoms with Crippen molar-refractivity contribution in [2.45, 2.75) is 24.9 Å². The van der Waals surface area contributed by atoms with Crippen LogP contribution in [0.4, 0.5) is 8.78 Å². The second-order valence-corrected chi connectivity index (χ2v) is 6.80. The van der Waals surface area contributed by atoms with E-state index >= 15 is 0 Å². The largest absolute Gasteiger partial charge is 0.349 e. The summed E-state index contributed by atoms with van der Waals surface area (Å²) in [5.41, 5.74) is 1.07. The maximum absolute atomic E-state index is 13.8. The first-order valence-electron chi connectivity index (χ1n) is 8.04. The van der Waals surface area contributed by atoms with Crippen molar-refractivity contribution in [1.82, 2.24) is 15.3 Å². The van der Waals surface area contributed by atoms with E-state index in [0.29, 0.717) is 5.82 Å². The van der Waals surface area contributed by atoms with Crippen LogP contribution in [0.5, 0.6) is 0 Å². The van der Waals surface area contributed by atoms with E-state index in [1.807, 2.05) is 24.3 Å². The lowest BCUT2D eigenvalue weighted by molar-refractivity contribution is -0.119. The highest BCUT2D eigenvalue weighted by molar-refractivity contribution is 8.00. The number of nitrogens with one attached hydrogen (secondary N) is 1. The van der Waals surface area contributed by atoms with E-state index in [4.69, 9.17) is 0 Å². The number of carbonyl (C=O) groups is 1. The Hall–Kier alpha value is -2.54. The zero-order valence-corrected chi connectivity index (χ0v) is 15.1. The SMILES string of the molecule is Cc1nc(SCC(=O)N[C@@H](C)c2ccc(F)cc2F)c2ccccc2n1. The van der Waals surface area contributed by atoms with Gasteiger partial charge in [0.25, 0.3) is 0 Å². The fourth-order valence-corrected chi connectivity index (χ4v) is 3.49. The first-order valence-corrected chi connectivity index (χ1v) is 9.03. The molecule has 7 heteroatoms. The molecule has 0 fully saturated rings. The van der Waals surface area contributed by atoms with Gasteiger partial charge in [-0.25, -0.2) is 18.7 Å². The summed E-state index contributed by atoms with van der Waals surface area (Å²) in [6.45, 7) is 3.46. The van der Waals surface area contributed by atoms with Gasteiger partial charge in [0, 0.05) is 17.0 Å². The van der Waals surface area contributed by atoms with Gasteiger partial charge in [-0.2, -0.15) is 0 Å². The van der Waals surface area contributed by atoms with Gasteiger partial charge in [0.2, 0.25) is 5.91 Å². The van der Waals surface area contributed by atoms with Crippen molar-refractivity contribution < 1.29 is 13.6 Å². The van der Waals surface area contributed by atoms with E-state index in [9.17, 15) is 13.6 Å². The Morgan fingerprint density at radius 3 is 2.73 bits per heavy atom. The molecule has 1 N–H and O–H groups in total. The molecule has 1 amide bonds. The van der Waals surface area contributed by atoms with E-state index in [2.05, 4.69) is 15.3 Å². The molecule has 3 rings (SSSR count). The van der Waals surface area contributed by atoms with Crippen LogP contribution in [0.15, 0.2) is 47.5 Å². The first kappa shape index (κ1) is 18.3. The number of halogens is 2. The van der Waals surface area contributed by atoms with Crippen LogP contribution in [0, 0.1) is 18.6 Å². The van der Waals surface area contributed by atoms with Gasteiger partial charge < -0.3 is 5.32 Å². The standard InChI is InChI=1S/C19H17F2N3OS/c1-11(14-8-7-13(20)9-16(14)21)22-18(25)10-26-19-15-5-3-4-6-17(15)23-12(2)24-19/h3-9,11H,10H2,1-2H3,(H,22,25)/t11-/m0/s1. The Labute approximate surface area is 154 Å². The fourth-order valence-electron chi connectivity index (χ4n) is 2.62. The summed E-state index contributed by atoms with van der Waals surface area (Å²) >= 11 is 1.30. The average Bonchev–Trinajstić information content (AvgIpc) is 2.59. The second kappa shape index (κ2) is 7.78. The van der Waals surface area contributed by atoms with Gasteiger partial charge >= 0.3 is 0 Å². The van der Waals surface area contributed by atoms with Crippen molar-refractivity contribution in [3.8, 4) is 0 Å². The van der Waals surface area contributed by atoms with Crippen molar-refractivity contribution in [2.75, 3.05) is 5.75 Å². The molecule has 134 valence electrons. The van der Waals surface area contributed by atoms with Crippen molar-refractivity contribution in [1.29, 1.82) is 0 Å². The third kappa shape index (κ3) is 4.16. The predicted molar refractivity (Wildman–Crippen MR) is 97.9 cm³/mol.